The molecule has 2 atom stereocenters. The van der Waals surface area contributed by atoms with Crippen molar-refractivity contribution in [2.45, 2.75) is 57.2 Å². The van der Waals surface area contributed by atoms with Crippen LogP contribution >= 0.6 is 0 Å². The Balaban J connectivity index is 2.28. The number of ether oxygens (including phenoxy) is 2. The molecule has 16 heavy (non-hydrogen) atoms. The molecule has 1 heterocycles. The SMILES string of the molecule is CCCCCCOC1COC(C)(O)C1(O)O. The van der Waals surface area contributed by atoms with E-state index in [4.69, 9.17) is 9.47 Å². The third kappa shape index (κ3) is 2.93. The smallest absolute Gasteiger partial charge is 0.247 e. The summed E-state index contributed by atoms with van der Waals surface area (Å²) in [7, 11) is 0. The lowest BCUT2D eigenvalue weighted by molar-refractivity contribution is -0.338. The fraction of sp³-hybridized carbons (Fsp3) is 1.00. The van der Waals surface area contributed by atoms with Gasteiger partial charge >= 0.3 is 0 Å². The highest BCUT2D eigenvalue weighted by Gasteiger charge is 2.58. The Morgan fingerprint density at radius 1 is 1.25 bits per heavy atom. The minimum absolute atomic E-state index is 0.00617. The van der Waals surface area contributed by atoms with E-state index in [0.29, 0.717) is 6.61 Å². The van der Waals surface area contributed by atoms with E-state index in [-0.39, 0.29) is 6.61 Å². The average molecular weight is 234 g/mol. The molecular weight excluding hydrogens is 212 g/mol. The number of hydrogen-bond acceptors (Lipinski definition) is 5. The first-order valence-corrected chi connectivity index (χ1v) is 5.84. The summed E-state index contributed by atoms with van der Waals surface area (Å²) >= 11 is 0. The predicted octanol–water partition coefficient (Wildman–Crippen LogP) is 0.371. The molecule has 1 aliphatic heterocycles. The van der Waals surface area contributed by atoms with Crippen molar-refractivity contribution in [1.29, 1.82) is 0 Å². The van der Waals surface area contributed by atoms with E-state index in [2.05, 4.69) is 6.92 Å². The van der Waals surface area contributed by atoms with Gasteiger partial charge in [-0.15, -0.1) is 0 Å². The lowest BCUT2D eigenvalue weighted by Gasteiger charge is -2.31. The summed E-state index contributed by atoms with van der Waals surface area (Å²) in [6.45, 7) is 3.78. The topological polar surface area (TPSA) is 79.2 Å². The van der Waals surface area contributed by atoms with E-state index in [9.17, 15) is 15.3 Å². The van der Waals surface area contributed by atoms with E-state index in [1.54, 1.807) is 0 Å². The molecule has 96 valence electrons. The quantitative estimate of drug-likeness (QED) is 0.457. The Bertz CT molecular complexity index is 214. The van der Waals surface area contributed by atoms with E-state index in [1.165, 1.54) is 6.92 Å². The molecule has 0 bridgehead atoms. The maximum Gasteiger partial charge on any atom is 0.247 e. The van der Waals surface area contributed by atoms with Gasteiger partial charge < -0.3 is 24.8 Å². The maximum absolute atomic E-state index is 9.64. The summed E-state index contributed by atoms with van der Waals surface area (Å²) in [5.74, 6) is -4.29. The molecule has 5 heteroatoms. The van der Waals surface area contributed by atoms with E-state index < -0.39 is 17.7 Å². The second-order valence-electron chi connectivity index (χ2n) is 4.44. The normalized spacial score (nSPS) is 33.2. The maximum atomic E-state index is 9.64. The molecule has 2 unspecified atom stereocenters. The zero-order valence-electron chi connectivity index (χ0n) is 9.98. The van der Waals surface area contributed by atoms with Gasteiger partial charge in [-0.1, -0.05) is 26.2 Å². The molecule has 1 fully saturated rings. The third-order valence-electron chi connectivity index (χ3n) is 2.96. The molecule has 0 aromatic carbocycles. The molecular formula is C11H22O5. The van der Waals surface area contributed by atoms with Gasteiger partial charge in [0.1, 0.15) is 6.10 Å². The summed E-state index contributed by atoms with van der Waals surface area (Å²) in [4.78, 5) is 0. The Morgan fingerprint density at radius 2 is 1.94 bits per heavy atom. The van der Waals surface area contributed by atoms with Gasteiger partial charge in [0.05, 0.1) is 6.61 Å². The summed E-state index contributed by atoms with van der Waals surface area (Å²) in [6, 6.07) is 0. The number of rotatable bonds is 6. The van der Waals surface area contributed by atoms with Gasteiger partial charge in [0.15, 0.2) is 0 Å². The average Bonchev–Trinajstić information content (AvgIpc) is 2.39. The first-order chi connectivity index (χ1) is 7.42. The zero-order chi connectivity index (χ0) is 12.2. The summed E-state index contributed by atoms with van der Waals surface area (Å²) < 4.78 is 10.2. The third-order valence-corrected chi connectivity index (χ3v) is 2.96. The summed E-state index contributed by atoms with van der Waals surface area (Å²) in [6.07, 6.45) is 3.34. The zero-order valence-corrected chi connectivity index (χ0v) is 9.98. The van der Waals surface area contributed by atoms with Gasteiger partial charge in [0.2, 0.25) is 11.6 Å². The first kappa shape index (κ1) is 13.9. The van der Waals surface area contributed by atoms with E-state index in [1.807, 2.05) is 0 Å². The van der Waals surface area contributed by atoms with Crippen molar-refractivity contribution in [3.63, 3.8) is 0 Å². The van der Waals surface area contributed by atoms with Crippen LogP contribution in [0, 0.1) is 0 Å². The largest absolute Gasteiger partial charge is 0.370 e. The molecule has 3 N–H and O–H groups in total. The van der Waals surface area contributed by atoms with Gasteiger partial charge in [-0.25, -0.2) is 0 Å². The van der Waals surface area contributed by atoms with Crippen LogP contribution < -0.4 is 0 Å². The highest BCUT2D eigenvalue weighted by molar-refractivity contribution is 4.93. The monoisotopic (exact) mass is 234 g/mol. The number of aliphatic hydroxyl groups is 3. The lowest BCUT2D eigenvalue weighted by Crippen LogP contribution is -2.55. The van der Waals surface area contributed by atoms with Crippen molar-refractivity contribution >= 4 is 0 Å². The van der Waals surface area contributed by atoms with Gasteiger partial charge in [-0.2, -0.15) is 0 Å². The number of unbranched alkanes of at least 4 members (excludes halogenated alkanes) is 3. The Morgan fingerprint density at radius 3 is 2.44 bits per heavy atom. The fourth-order valence-corrected chi connectivity index (χ4v) is 1.68. The van der Waals surface area contributed by atoms with Crippen LogP contribution in [0.3, 0.4) is 0 Å². The van der Waals surface area contributed by atoms with Crippen LogP contribution in [0.1, 0.15) is 39.5 Å². The fourth-order valence-electron chi connectivity index (χ4n) is 1.68. The molecule has 1 aliphatic rings. The second-order valence-corrected chi connectivity index (χ2v) is 4.44. The van der Waals surface area contributed by atoms with Crippen LogP contribution in [-0.2, 0) is 9.47 Å². The molecule has 0 aliphatic carbocycles. The Labute approximate surface area is 96.0 Å². The van der Waals surface area contributed by atoms with Crippen LogP contribution in [0.5, 0.6) is 0 Å². The molecule has 0 saturated carbocycles. The van der Waals surface area contributed by atoms with Crippen molar-refractivity contribution in [3.05, 3.63) is 0 Å². The first-order valence-electron chi connectivity index (χ1n) is 5.84. The summed E-state index contributed by atoms with van der Waals surface area (Å²) in [5.41, 5.74) is 0. The number of hydrogen-bond donors (Lipinski definition) is 3. The van der Waals surface area contributed by atoms with Gasteiger partial charge in [-0.3, -0.25) is 0 Å². The van der Waals surface area contributed by atoms with Crippen molar-refractivity contribution < 1.29 is 24.8 Å². The van der Waals surface area contributed by atoms with E-state index in [0.717, 1.165) is 25.7 Å². The molecule has 0 spiro atoms. The van der Waals surface area contributed by atoms with Crippen molar-refractivity contribution in [1.82, 2.24) is 0 Å². The van der Waals surface area contributed by atoms with Crippen molar-refractivity contribution in [2.24, 2.45) is 0 Å². The molecule has 1 rings (SSSR count). The van der Waals surface area contributed by atoms with Crippen LogP contribution in [0.4, 0.5) is 0 Å². The van der Waals surface area contributed by atoms with E-state index >= 15 is 0 Å². The van der Waals surface area contributed by atoms with Crippen LogP contribution in [-0.4, -0.2) is 46.2 Å². The lowest BCUT2D eigenvalue weighted by atomic mass is 10.1. The Hall–Kier alpha value is -0.200. The molecule has 5 nitrogen and oxygen atoms in total. The van der Waals surface area contributed by atoms with Gasteiger partial charge in [0.25, 0.3) is 0 Å². The van der Waals surface area contributed by atoms with Crippen molar-refractivity contribution in [2.75, 3.05) is 13.2 Å². The van der Waals surface area contributed by atoms with Crippen LogP contribution in [0.2, 0.25) is 0 Å². The molecule has 1 saturated heterocycles. The molecule has 0 aromatic rings. The highest BCUT2D eigenvalue weighted by Crippen LogP contribution is 2.33. The van der Waals surface area contributed by atoms with Gasteiger partial charge in [-0.05, 0) is 13.3 Å². The summed E-state index contributed by atoms with van der Waals surface area (Å²) in [5, 5.41) is 28.8. The molecule has 0 radical (unpaired) electrons. The highest BCUT2D eigenvalue weighted by atomic mass is 16.7. The molecule has 0 aromatic heterocycles. The second kappa shape index (κ2) is 5.42. The molecule has 0 amide bonds. The van der Waals surface area contributed by atoms with Crippen LogP contribution in [0.25, 0.3) is 0 Å². The van der Waals surface area contributed by atoms with Gasteiger partial charge in [0, 0.05) is 6.61 Å². The van der Waals surface area contributed by atoms with Crippen molar-refractivity contribution in [3.8, 4) is 0 Å². The predicted molar refractivity (Wildman–Crippen MR) is 57.6 cm³/mol. The van der Waals surface area contributed by atoms with Crippen LogP contribution in [0.15, 0.2) is 0 Å². The Kier molecular flexibility index (Phi) is 4.70. The minimum atomic E-state index is -2.34. The minimum Gasteiger partial charge on any atom is -0.370 e. The standard InChI is InChI=1S/C11H22O5/c1-3-4-5-6-7-15-9-8-16-10(2,12)11(9,13)14/h9,12-14H,3-8H2,1-2H3.